The minimum Gasteiger partial charge on any atom is -0.338 e. The fourth-order valence-electron chi connectivity index (χ4n) is 1.35. The predicted octanol–water partition coefficient (Wildman–Crippen LogP) is 1.02. The maximum atomic E-state index is 12.8. The number of hydrogen-bond acceptors (Lipinski definition) is 3. The van der Waals surface area contributed by atoms with Gasteiger partial charge in [0, 0.05) is 18.9 Å². The number of aromatic nitrogens is 2. The molecule has 3 nitrogen and oxygen atoms in total. The Hall–Kier alpha value is -1.19. The zero-order chi connectivity index (χ0) is 8.39. The molecule has 2 heterocycles. The van der Waals surface area contributed by atoms with Crippen LogP contribution in [0.1, 0.15) is 6.42 Å². The second-order valence-corrected chi connectivity index (χ2v) is 2.88. The van der Waals surface area contributed by atoms with Crippen molar-refractivity contribution in [1.82, 2.24) is 9.97 Å². The van der Waals surface area contributed by atoms with E-state index in [1.165, 1.54) is 0 Å². The van der Waals surface area contributed by atoms with Gasteiger partial charge in [0.25, 0.3) is 0 Å². The Morgan fingerprint density at radius 1 is 1.42 bits per heavy atom. The minimum atomic E-state index is -0.714. The van der Waals surface area contributed by atoms with E-state index in [4.69, 9.17) is 0 Å². The number of anilines is 1. The second-order valence-electron chi connectivity index (χ2n) is 2.88. The topological polar surface area (TPSA) is 29.0 Å². The van der Waals surface area contributed by atoms with E-state index in [0.717, 1.165) is 6.54 Å². The van der Waals surface area contributed by atoms with Gasteiger partial charge in [-0.1, -0.05) is 0 Å². The van der Waals surface area contributed by atoms with Gasteiger partial charge in [0.05, 0.1) is 6.54 Å². The van der Waals surface area contributed by atoms with E-state index in [2.05, 4.69) is 9.97 Å². The van der Waals surface area contributed by atoms with Crippen LogP contribution in [0.3, 0.4) is 0 Å². The highest BCUT2D eigenvalue weighted by molar-refractivity contribution is 5.30. The van der Waals surface area contributed by atoms with Crippen LogP contribution >= 0.6 is 0 Å². The molecule has 1 saturated heterocycles. The molecule has 12 heavy (non-hydrogen) atoms. The molecule has 4 heteroatoms. The molecule has 1 aliphatic rings. The lowest BCUT2D eigenvalue weighted by atomic mass is 10.3. The summed E-state index contributed by atoms with van der Waals surface area (Å²) in [5.41, 5.74) is 0. The van der Waals surface area contributed by atoms with Gasteiger partial charge in [-0.3, -0.25) is 0 Å². The monoisotopic (exact) mass is 167 g/mol. The smallest absolute Gasteiger partial charge is 0.225 e. The molecular formula is C8H10FN3. The Balaban J connectivity index is 2.11. The van der Waals surface area contributed by atoms with Crippen molar-refractivity contribution < 1.29 is 4.39 Å². The minimum absolute atomic E-state index is 0.435. The van der Waals surface area contributed by atoms with Crippen LogP contribution in [-0.2, 0) is 0 Å². The Morgan fingerprint density at radius 3 is 2.75 bits per heavy atom. The average Bonchev–Trinajstić information content (AvgIpc) is 2.54. The van der Waals surface area contributed by atoms with Crippen molar-refractivity contribution in [1.29, 1.82) is 0 Å². The van der Waals surface area contributed by atoms with Crippen LogP contribution in [0.15, 0.2) is 18.5 Å². The third-order valence-corrected chi connectivity index (χ3v) is 1.97. The van der Waals surface area contributed by atoms with Crippen molar-refractivity contribution in [3.8, 4) is 0 Å². The number of halogens is 1. The highest BCUT2D eigenvalue weighted by Crippen LogP contribution is 2.16. The van der Waals surface area contributed by atoms with Crippen LogP contribution < -0.4 is 4.90 Å². The van der Waals surface area contributed by atoms with Crippen LogP contribution in [0, 0.1) is 0 Å². The lowest BCUT2D eigenvalue weighted by Crippen LogP contribution is -2.21. The summed E-state index contributed by atoms with van der Waals surface area (Å²) in [6.45, 7) is 1.16. The van der Waals surface area contributed by atoms with Crippen LogP contribution in [0.25, 0.3) is 0 Å². The maximum absolute atomic E-state index is 12.8. The van der Waals surface area contributed by atoms with Gasteiger partial charge >= 0.3 is 0 Å². The fourth-order valence-corrected chi connectivity index (χ4v) is 1.35. The van der Waals surface area contributed by atoms with Crippen LogP contribution in [0.4, 0.5) is 10.3 Å². The normalized spacial score (nSPS) is 23.1. The first-order valence-electron chi connectivity index (χ1n) is 4.02. The largest absolute Gasteiger partial charge is 0.338 e. The first kappa shape index (κ1) is 7.46. The predicted molar refractivity (Wildman–Crippen MR) is 43.8 cm³/mol. The Bertz CT molecular complexity index is 252. The van der Waals surface area contributed by atoms with Crippen molar-refractivity contribution in [2.45, 2.75) is 12.6 Å². The van der Waals surface area contributed by atoms with Crippen molar-refractivity contribution in [3.05, 3.63) is 18.5 Å². The van der Waals surface area contributed by atoms with Crippen LogP contribution in [-0.4, -0.2) is 29.2 Å². The number of alkyl halides is 1. The molecule has 1 aromatic rings. The van der Waals surface area contributed by atoms with E-state index in [0.29, 0.717) is 18.9 Å². The van der Waals surface area contributed by atoms with Crippen LogP contribution in [0.2, 0.25) is 0 Å². The molecule has 0 spiro atoms. The number of rotatable bonds is 1. The van der Waals surface area contributed by atoms with Gasteiger partial charge in [-0.25, -0.2) is 14.4 Å². The molecule has 0 bridgehead atoms. The average molecular weight is 167 g/mol. The summed E-state index contributed by atoms with van der Waals surface area (Å²) in [4.78, 5) is 9.95. The SMILES string of the molecule is F[C@@H]1CCN(c2ncccn2)C1. The first-order valence-corrected chi connectivity index (χ1v) is 4.02. The van der Waals surface area contributed by atoms with Gasteiger partial charge in [0.2, 0.25) is 5.95 Å². The third-order valence-electron chi connectivity index (χ3n) is 1.97. The molecule has 0 radical (unpaired) electrons. The van der Waals surface area contributed by atoms with Crippen molar-refractivity contribution in [3.63, 3.8) is 0 Å². The van der Waals surface area contributed by atoms with E-state index in [1.807, 2.05) is 4.90 Å². The first-order chi connectivity index (χ1) is 5.86. The summed E-state index contributed by atoms with van der Waals surface area (Å²) in [7, 11) is 0. The van der Waals surface area contributed by atoms with Gasteiger partial charge in [0.1, 0.15) is 6.17 Å². The molecule has 1 aromatic heterocycles. The molecule has 1 fully saturated rings. The Labute approximate surface area is 70.3 Å². The standard InChI is InChI=1S/C8H10FN3/c9-7-2-5-12(6-7)8-10-3-1-4-11-8/h1,3-4,7H,2,5-6H2/t7-/m1/s1. The molecular weight excluding hydrogens is 157 g/mol. The summed E-state index contributed by atoms with van der Waals surface area (Å²) in [6, 6.07) is 1.76. The zero-order valence-electron chi connectivity index (χ0n) is 6.65. The van der Waals surface area contributed by atoms with E-state index in [1.54, 1.807) is 18.5 Å². The molecule has 1 atom stereocenters. The second kappa shape index (κ2) is 3.05. The molecule has 0 unspecified atom stereocenters. The summed E-state index contributed by atoms with van der Waals surface area (Å²) >= 11 is 0. The summed E-state index contributed by atoms with van der Waals surface area (Å²) in [5, 5.41) is 0. The van der Waals surface area contributed by atoms with Gasteiger partial charge in [-0.05, 0) is 12.5 Å². The molecule has 64 valence electrons. The van der Waals surface area contributed by atoms with Crippen molar-refractivity contribution in [2.75, 3.05) is 18.0 Å². The summed E-state index contributed by atoms with van der Waals surface area (Å²) < 4.78 is 12.8. The molecule has 2 rings (SSSR count). The third kappa shape index (κ3) is 1.37. The lowest BCUT2D eigenvalue weighted by Gasteiger charge is -2.13. The van der Waals surface area contributed by atoms with E-state index < -0.39 is 6.17 Å². The van der Waals surface area contributed by atoms with E-state index in [9.17, 15) is 4.39 Å². The van der Waals surface area contributed by atoms with Gasteiger partial charge in [0.15, 0.2) is 0 Å². The Morgan fingerprint density at radius 2 is 2.17 bits per heavy atom. The molecule has 0 N–H and O–H groups in total. The highest BCUT2D eigenvalue weighted by atomic mass is 19.1. The quantitative estimate of drug-likeness (QED) is 0.625. The summed E-state index contributed by atoms with van der Waals surface area (Å²) in [6.07, 6.45) is 3.23. The van der Waals surface area contributed by atoms with Crippen molar-refractivity contribution >= 4 is 5.95 Å². The van der Waals surface area contributed by atoms with Gasteiger partial charge in [-0.15, -0.1) is 0 Å². The zero-order valence-corrected chi connectivity index (χ0v) is 6.65. The molecule has 1 aliphatic heterocycles. The maximum Gasteiger partial charge on any atom is 0.225 e. The van der Waals surface area contributed by atoms with E-state index >= 15 is 0 Å². The number of hydrogen-bond donors (Lipinski definition) is 0. The highest BCUT2D eigenvalue weighted by Gasteiger charge is 2.23. The molecule has 0 aromatic carbocycles. The Kier molecular flexibility index (Phi) is 1.89. The van der Waals surface area contributed by atoms with Gasteiger partial charge < -0.3 is 4.90 Å². The van der Waals surface area contributed by atoms with Gasteiger partial charge in [-0.2, -0.15) is 0 Å². The molecule has 0 amide bonds. The van der Waals surface area contributed by atoms with E-state index in [-0.39, 0.29) is 0 Å². The summed E-state index contributed by atoms with van der Waals surface area (Å²) in [5.74, 6) is 0.637. The molecule has 0 aliphatic carbocycles. The number of nitrogens with zero attached hydrogens (tertiary/aromatic N) is 3. The fraction of sp³-hybridized carbons (Fsp3) is 0.500. The van der Waals surface area contributed by atoms with Crippen molar-refractivity contribution in [2.24, 2.45) is 0 Å². The molecule has 0 saturated carbocycles. The lowest BCUT2D eigenvalue weighted by molar-refractivity contribution is 0.364. The van der Waals surface area contributed by atoms with Crippen LogP contribution in [0.5, 0.6) is 0 Å².